The standard InChI is InChI=1S/C13H22N4O2S/c1-3-5-17-11(14)10(12(18)16(2)13(17)19)15-7-9-4-6-20-8-9/h9,15H,3-8,14H2,1-2H3. The molecule has 0 aliphatic carbocycles. The van der Waals surface area contributed by atoms with Crippen molar-refractivity contribution in [1.82, 2.24) is 9.13 Å². The van der Waals surface area contributed by atoms with Crippen LogP contribution >= 0.6 is 11.8 Å². The molecule has 0 bridgehead atoms. The largest absolute Gasteiger partial charge is 0.383 e. The second kappa shape index (κ2) is 6.39. The Labute approximate surface area is 122 Å². The van der Waals surface area contributed by atoms with Crippen LogP contribution < -0.4 is 22.3 Å². The number of nitrogens with zero attached hydrogens (tertiary/aromatic N) is 2. The number of rotatable bonds is 5. The summed E-state index contributed by atoms with van der Waals surface area (Å²) in [4.78, 5) is 24.2. The third kappa shape index (κ3) is 2.87. The lowest BCUT2D eigenvalue weighted by atomic mass is 10.1. The highest BCUT2D eigenvalue weighted by Crippen LogP contribution is 2.24. The Hall–Kier alpha value is -1.37. The van der Waals surface area contributed by atoms with Crippen LogP contribution in [0.3, 0.4) is 0 Å². The molecule has 0 spiro atoms. The molecule has 1 aromatic rings. The van der Waals surface area contributed by atoms with E-state index in [1.807, 2.05) is 18.7 Å². The van der Waals surface area contributed by atoms with Gasteiger partial charge in [-0.1, -0.05) is 6.92 Å². The van der Waals surface area contributed by atoms with Gasteiger partial charge in [0.1, 0.15) is 11.5 Å². The minimum absolute atomic E-state index is 0.255. The van der Waals surface area contributed by atoms with Crippen molar-refractivity contribution in [2.24, 2.45) is 13.0 Å². The van der Waals surface area contributed by atoms with Crippen LogP contribution in [0.25, 0.3) is 0 Å². The molecule has 20 heavy (non-hydrogen) atoms. The average Bonchev–Trinajstić information content (AvgIpc) is 2.94. The van der Waals surface area contributed by atoms with Crippen molar-refractivity contribution in [1.29, 1.82) is 0 Å². The molecule has 7 heteroatoms. The van der Waals surface area contributed by atoms with Crippen LogP contribution in [0, 0.1) is 5.92 Å². The molecule has 1 fully saturated rings. The third-order valence-corrected chi connectivity index (χ3v) is 4.85. The normalized spacial score (nSPS) is 18.4. The number of hydrogen-bond donors (Lipinski definition) is 2. The van der Waals surface area contributed by atoms with Gasteiger partial charge in [0.15, 0.2) is 0 Å². The number of aromatic nitrogens is 2. The summed E-state index contributed by atoms with van der Waals surface area (Å²) in [5, 5.41) is 3.16. The lowest BCUT2D eigenvalue weighted by Crippen LogP contribution is -2.41. The van der Waals surface area contributed by atoms with E-state index in [4.69, 9.17) is 5.73 Å². The number of thioether (sulfide) groups is 1. The molecule has 0 radical (unpaired) electrons. The first kappa shape index (κ1) is 15.0. The molecule has 3 N–H and O–H groups in total. The second-order valence-electron chi connectivity index (χ2n) is 5.17. The zero-order chi connectivity index (χ0) is 14.7. The van der Waals surface area contributed by atoms with E-state index in [1.54, 1.807) is 0 Å². The van der Waals surface area contributed by atoms with Gasteiger partial charge in [0.25, 0.3) is 5.56 Å². The first-order chi connectivity index (χ1) is 9.56. The number of hydrogen-bond acceptors (Lipinski definition) is 5. The molecule has 1 saturated heterocycles. The third-order valence-electron chi connectivity index (χ3n) is 3.62. The number of nitrogens with one attached hydrogen (secondary N) is 1. The predicted octanol–water partition coefficient (Wildman–Crippen LogP) is 0.704. The van der Waals surface area contributed by atoms with Crippen molar-refractivity contribution in [3.63, 3.8) is 0 Å². The fraction of sp³-hybridized carbons (Fsp3) is 0.692. The van der Waals surface area contributed by atoms with E-state index in [9.17, 15) is 9.59 Å². The van der Waals surface area contributed by atoms with E-state index in [0.717, 1.165) is 29.7 Å². The fourth-order valence-electron chi connectivity index (χ4n) is 2.38. The highest BCUT2D eigenvalue weighted by Gasteiger charge is 2.18. The minimum Gasteiger partial charge on any atom is -0.383 e. The lowest BCUT2D eigenvalue weighted by Gasteiger charge is -2.17. The average molecular weight is 298 g/mol. The molecule has 1 aromatic heterocycles. The Morgan fingerprint density at radius 2 is 2.20 bits per heavy atom. The quantitative estimate of drug-likeness (QED) is 0.836. The van der Waals surface area contributed by atoms with Gasteiger partial charge in [0, 0.05) is 20.1 Å². The lowest BCUT2D eigenvalue weighted by molar-refractivity contribution is 0.595. The van der Waals surface area contributed by atoms with Gasteiger partial charge in [0.05, 0.1) is 0 Å². The topological polar surface area (TPSA) is 82.0 Å². The highest BCUT2D eigenvalue weighted by molar-refractivity contribution is 7.99. The predicted molar refractivity (Wildman–Crippen MR) is 84.6 cm³/mol. The summed E-state index contributed by atoms with van der Waals surface area (Å²) in [7, 11) is 1.49. The zero-order valence-corrected chi connectivity index (χ0v) is 12.8. The van der Waals surface area contributed by atoms with Crippen molar-refractivity contribution in [3.05, 3.63) is 20.8 Å². The van der Waals surface area contributed by atoms with E-state index in [2.05, 4.69) is 5.32 Å². The van der Waals surface area contributed by atoms with E-state index in [-0.39, 0.29) is 17.1 Å². The Balaban J connectivity index is 2.31. The first-order valence-corrected chi connectivity index (χ1v) is 8.12. The molecule has 1 aliphatic heterocycles. The van der Waals surface area contributed by atoms with Crippen LogP contribution in [0.5, 0.6) is 0 Å². The summed E-state index contributed by atoms with van der Waals surface area (Å²) in [6.07, 6.45) is 1.95. The van der Waals surface area contributed by atoms with Crippen LogP contribution in [-0.4, -0.2) is 27.2 Å². The van der Waals surface area contributed by atoms with E-state index in [0.29, 0.717) is 18.2 Å². The van der Waals surface area contributed by atoms with E-state index in [1.165, 1.54) is 17.4 Å². The first-order valence-electron chi connectivity index (χ1n) is 6.97. The van der Waals surface area contributed by atoms with Gasteiger partial charge in [-0.2, -0.15) is 11.8 Å². The van der Waals surface area contributed by atoms with Crippen LogP contribution in [0.2, 0.25) is 0 Å². The molecular formula is C13H22N4O2S. The summed E-state index contributed by atoms with van der Waals surface area (Å²) < 4.78 is 2.59. The molecule has 2 heterocycles. The highest BCUT2D eigenvalue weighted by atomic mass is 32.2. The number of anilines is 2. The molecule has 2 rings (SSSR count). The van der Waals surface area contributed by atoms with Gasteiger partial charge in [-0.25, -0.2) is 4.79 Å². The molecule has 0 amide bonds. The van der Waals surface area contributed by atoms with Gasteiger partial charge >= 0.3 is 5.69 Å². The summed E-state index contributed by atoms with van der Waals surface area (Å²) >= 11 is 1.93. The summed E-state index contributed by atoms with van der Waals surface area (Å²) in [5.74, 6) is 3.11. The Bertz CT molecular complexity index is 587. The number of nitrogen functional groups attached to an aromatic ring is 1. The molecule has 0 saturated carbocycles. The zero-order valence-electron chi connectivity index (χ0n) is 12.0. The van der Waals surface area contributed by atoms with Gasteiger partial charge in [0.2, 0.25) is 0 Å². The second-order valence-corrected chi connectivity index (χ2v) is 6.32. The number of nitrogens with two attached hydrogens (primary N) is 1. The maximum atomic E-state index is 12.2. The maximum absolute atomic E-state index is 12.2. The van der Waals surface area contributed by atoms with Gasteiger partial charge in [-0.15, -0.1) is 0 Å². The van der Waals surface area contributed by atoms with Crippen molar-refractivity contribution in [2.75, 3.05) is 29.1 Å². The fourth-order valence-corrected chi connectivity index (χ4v) is 3.66. The maximum Gasteiger partial charge on any atom is 0.332 e. The molecule has 112 valence electrons. The van der Waals surface area contributed by atoms with Crippen LogP contribution in [0.4, 0.5) is 11.5 Å². The van der Waals surface area contributed by atoms with E-state index < -0.39 is 0 Å². The molecular weight excluding hydrogens is 276 g/mol. The summed E-state index contributed by atoms with van der Waals surface area (Å²) in [5.41, 5.74) is 5.67. The van der Waals surface area contributed by atoms with Crippen LogP contribution in [-0.2, 0) is 13.6 Å². The Kier molecular flexibility index (Phi) is 4.80. The molecule has 1 unspecified atom stereocenters. The Morgan fingerprint density at radius 1 is 1.45 bits per heavy atom. The summed E-state index contributed by atoms with van der Waals surface area (Å²) in [6, 6.07) is 0. The summed E-state index contributed by atoms with van der Waals surface area (Å²) in [6.45, 7) is 3.23. The van der Waals surface area contributed by atoms with Crippen molar-refractivity contribution >= 4 is 23.3 Å². The monoisotopic (exact) mass is 298 g/mol. The van der Waals surface area contributed by atoms with Crippen LogP contribution in [0.1, 0.15) is 19.8 Å². The molecule has 6 nitrogen and oxygen atoms in total. The smallest absolute Gasteiger partial charge is 0.332 e. The van der Waals surface area contributed by atoms with Crippen molar-refractivity contribution in [3.8, 4) is 0 Å². The molecule has 1 atom stereocenters. The van der Waals surface area contributed by atoms with Crippen LogP contribution in [0.15, 0.2) is 9.59 Å². The molecule has 1 aliphatic rings. The van der Waals surface area contributed by atoms with E-state index >= 15 is 0 Å². The van der Waals surface area contributed by atoms with Gasteiger partial charge in [-0.3, -0.25) is 13.9 Å². The van der Waals surface area contributed by atoms with Crippen molar-refractivity contribution < 1.29 is 0 Å². The SMILES string of the molecule is CCCn1c(N)c(NCC2CCSC2)c(=O)n(C)c1=O. The Morgan fingerprint density at radius 3 is 2.80 bits per heavy atom. The van der Waals surface area contributed by atoms with Crippen molar-refractivity contribution in [2.45, 2.75) is 26.3 Å². The van der Waals surface area contributed by atoms with Gasteiger partial charge in [-0.05, 0) is 30.3 Å². The molecule has 0 aromatic carbocycles. The van der Waals surface area contributed by atoms with Gasteiger partial charge < -0.3 is 11.1 Å². The minimum atomic E-state index is -0.351.